The number of aromatic hydroxyl groups is 2. The van der Waals surface area contributed by atoms with Crippen molar-refractivity contribution >= 4 is 21.7 Å². The lowest BCUT2D eigenvalue weighted by Gasteiger charge is -2.09. The third-order valence-electron chi connectivity index (χ3n) is 3.79. The molecule has 0 aliphatic carbocycles. The van der Waals surface area contributed by atoms with Crippen molar-refractivity contribution < 1.29 is 10.2 Å². The average molecular weight is 320 g/mol. The fourth-order valence-corrected chi connectivity index (χ4v) is 3.41. The van der Waals surface area contributed by atoms with Crippen LogP contribution in [0.25, 0.3) is 32.5 Å². The number of hydrogen-bond donors (Lipinski definition) is 2. The Morgan fingerprint density at radius 2 is 1.22 bits per heavy atom. The number of rotatable bonds is 2. The van der Waals surface area contributed by atoms with E-state index in [1.807, 2.05) is 36.4 Å². The molecule has 1 aromatic heterocycles. The summed E-state index contributed by atoms with van der Waals surface area (Å²) >= 11 is 1.28. The van der Waals surface area contributed by atoms with Gasteiger partial charge in [0.25, 0.3) is 0 Å². The Labute approximate surface area is 136 Å². The summed E-state index contributed by atoms with van der Waals surface area (Å²) in [7, 11) is 0. The van der Waals surface area contributed by atoms with Gasteiger partial charge in [0.2, 0.25) is 0 Å². The largest absolute Gasteiger partial charge is 0.507 e. The molecular formula is C18H12N2O2S. The van der Waals surface area contributed by atoms with Gasteiger partial charge in [0, 0.05) is 22.3 Å². The van der Waals surface area contributed by atoms with Crippen LogP contribution >= 0.6 is 11.5 Å². The molecule has 0 fully saturated rings. The van der Waals surface area contributed by atoms with E-state index in [1.54, 1.807) is 24.3 Å². The number of aromatic nitrogens is 2. The van der Waals surface area contributed by atoms with Gasteiger partial charge in [-0.25, -0.2) is 0 Å². The summed E-state index contributed by atoms with van der Waals surface area (Å²) in [4.78, 5) is 0. The highest BCUT2D eigenvalue weighted by Crippen LogP contribution is 2.40. The van der Waals surface area contributed by atoms with Crippen molar-refractivity contribution in [2.45, 2.75) is 0 Å². The fourth-order valence-electron chi connectivity index (χ4n) is 2.70. The Morgan fingerprint density at radius 3 is 1.87 bits per heavy atom. The highest BCUT2D eigenvalue weighted by molar-refractivity contribution is 7.13. The molecule has 0 spiro atoms. The van der Waals surface area contributed by atoms with Crippen LogP contribution in [0.2, 0.25) is 0 Å². The molecule has 0 bridgehead atoms. The molecule has 4 rings (SSSR count). The molecule has 0 aliphatic heterocycles. The van der Waals surface area contributed by atoms with Gasteiger partial charge in [0.1, 0.15) is 17.0 Å². The van der Waals surface area contributed by atoms with E-state index in [9.17, 15) is 10.2 Å². The first-order chi connectivity index (χ1) is 11.3. The quantitative estimate of drug-likeness (QED) is 0.573. The second-order valence-electron chi connectivity index (χ2n) is 5.15. The molecule has 0 aliphatic rings. The van der Waals surface area contributed by atoms with Crippen LogP contribution < -0.4 is 0 Å². The molecule has 4 aromatic rings. The van der Waals surface area contributed by atoms with Crippen LogP contribution in [-0.2, 0) is 0 Å². The van der Waals surface area contributed by atoms with E-state index in [1.165, 1.54) is 11.5 Å². The van der Waals surface area contributed by atoms with Crippen molar-refractivity contribution in [3.05, 3.63) is 60.7 Å². The number of phenols is 2. The summed E-state index contributed by atoms with van der Waals surface area (Å²) < 4.78 is 4.94. The van der Waals surface area contributed by atoms with Gasteiger partial charge in [0.15, 0.2) is 0 Å². The van der Waals surface area contributed by atoms with E-state index in [4.69, 9.17) is 0 Å². The smallest absolute Gasteiger partial charge is 0.123 e. The molecule has 0 saturated carbocycles. The molecule has 0 unspecified atom stereocenters. The lowest BCUT2D eigenvalue weighted by atomic mass is 9.98. The van der Waals surface area contributed by atoms with E-state index in [2.05, 4.69) is 9.59 Å². The van der Waals surface area contributed by atoms with Crippen molar-refractivity contribution in [2.24, 2.45) is 0 Å². The molecule has 4 nitrogen and oxygen atoms in total. The van der Waals surface area contributed by atoms with Crippen LogP contribution in [0.15, 0.2) is 60.7 Å². The Morgan fingerprint density at radius 1 is 0.652 bits per heavy atom. The van der Waals surface area contributed by atoms with Gasteiger partial charge in [0.05, 0.1) is 4.70 Å². The first-order valence-electron chi connectivity index (χ1n) is 7.07. The molecule has 3 aromatic carbocycles. The van der Waals surface area contributed by atoms with E-state index in [-0.39, 0.29) is 11.5 Å². The molecule has 1 heterocycles. The molecular weight excluding hydrogens is 308 g/mol. The van der Waals surface area contributed by atoms with E-state index < -0.39 is 0 Å². The summed E-state index contributed by atoms with van der Waals surface area (Å²) in [6.07, 6.45) is 0. The third-order valence-corrected chi connectivity index (χ3v) is 4.55. The number of benzene rings is 3. The summed E-state index contributed by atoms with van der Waals surface area (Å²) in [5.74, 6) is 0.426. The van der Waals surface area contributed by atoms with Crippen LogP contribution in [-0.4, -0.2) is 19.8 Å². The predicted octanol–water partition coefficient (Wildman–Crippen LogP) is 4.44. The monoisotopic (exact) mass is 320 g/mol. The number of nitrogens with zero attached hydrogens (tertiary/aromatic N) is 2. The first-order valence-corrected chi connectivity index (χ1v) is 7.85. The van der Waals surface area contributed by atoms with E-state index in [0.29, 0.717) is 5.56 Å². The van der Waals surface area contributed by atoms with Crippen molar-refractivity contribution in [2.75, 3.05) is 0 Å². The highest BCUT2D eigenvalue weighted by atomic mass is 32.1. The van der Waals surface area contributed by atoms with Gasteiger partial charge >= 0.3 is 0 Å². The zero-order valence-electron chi connectivity index (χ0n) is 12.0. The molecule has 0 radical (unpaired) electrons. The maximum Gasteiger partial charge on any atom is 0.123 e. The summed E-state index contributed by atoms with van der Waals surface area (Å²) in [5.41, 5.74) is 3.89. The second kappa shape index (κ2) is 5.37. The van der Waals surface area contributed by atoms with Gasteiger partial charge in [-0.2, -0.15) is 0 Å². The Kier molecular flexibility index (Phi) is 3.20. The Bertz CT molecular complexity index is 931. The van der Waals surface area contributed by atoms with Gasteiger partial charge in [-0.1, -0.05) is 53.0 Å². The van der Waals surface area contributed by atoms with Crippen LogP contribution in [0.3, 0.4) is 0 Å². The lowest BCUT2D eigenvalue weighted by molar-refractivity contribution is 0.477. The highest BCUT2D eigenvalue weighted by Gasteiger charge is 2.16. The number of hydrogen-bond acceptors (Lipinski definition) is 5. The molecule has 23 heavy (non-hydrogen) atoms. The Balaban J connectivity index is 2.00. The molecule has 0 atom stereocenters. The second-order valence-corrected chi connectivity index (χ2v) is 5.90. The van der Waals surface area contributed by atoms with Crippen LogP contribution in [0.4, 0.5) is 0 Å². The molecule has 5 heteroatoms. The van der Waals surface area contributed by atoms with Crippen molar-refractivity contribution in [1.29, 1.82) is 0 Å². The normalized spacial score (nSPS) is 11.0. The average Bonchev–Trinajstić information content (AvgIpc) is 3.05. The molecule has 112 valence electrons. The first kappa shape index (κ1) is 13.7. The minimum Gasteiger partial charge on any atom is -0.507 e. The van der Waals surface area contributed by atoms with Crippen LogP contribution in [0.5, 0.6) is 11.5 Å². The standard InChI is InChI=1S/C18H12N2O2S/c21-15-7-3-1-5-11(15)13-9-10-14(18-17(13)19-20-23-18)12-6-2-4-8-16(12)22/h1-10,21-22H. The van der Waals surface area contributed by atoms with Crippen molar-refractivity contribution in [3.8, 4) is 33.8 Å². The fraction of sp³-hybridized carbons (Fsp3) is 0. The van der Waals surface area contributed by atoms with Crippen LogP contribution in [0.1, 0.15) is 0 Å². The number of para-hydroxylation sites is 2. The van der Waals surface area contributed by atoms with Crippen molar-refractivity contribution in [3.63, 3.8) is 0 Å². The third kappa shape index (κ3) is 2.22. The summed E-state index contributed by atoms with van der Waals surface area (Å²) in [6, 6.07) is 18.2. The summed E-state index contributed by atoms with van der Waals surface area (Å²) in [5, 5.41) is 24.4. The van der Waals surface area contributed by atoms with Gasteiger partial charge in [-0.3, -0.25) is 0 Å². The maximum absolute atomic E-state index is 10.1. The minimum absolute atomic E-state index is 0.206. The molecule has 0 saturated heterocycles. The lowest BCUT2D eigenvalue weighted by Crippen LogP contribution is -1.85. The number of phenolic OH excluding ortho intramolecular Hbond substituents is 2. The maximum atomic E-state index is 10.1. The topological polar surface area (TPSA) is 66.2 Å². The van der Waals surface area contributed by atoms with Gasteiger partial charge in [-0.15, -0.1) is 5.10 Å². The molecule has 0 amide bonds. The van der Waals surface area contributed by atoms with Gasteiger partial charge in [-0.05, 0) is 23.7 Å². The van der Waals surface area contributed by atoms with E-state index >= 15 is 0 Å². The van der Waals surface area contributed by atoms with E-state index in [0.717, 1.165) is 26.9 Å². The minimum atomic E-state index is 0.206. The molecule has 2 N–H and O–H groups in total. The zero-order chi connectivity index (χ0) is 15.8. The van der Waals surface area contributed by atoms with Crippen LogP contribution in [0, 0.1) is 0 Å². The number of fused-ring (bicyclic) bond motifs is 1. The SMILES string of the molecule is Oc1ccccc1-c1ccc(-c2ccccc2O)c2snnc12. The summed E-state index contributed by atoms with van der Waals surface area (Å²) in [6.45, 7) is 0. The van der Waals surface area contributed by atoms with Gasteiger partial charge < -0.3 is 10.2 Å². The Hall–Kier alpha value is -2.92. The van der Waals surface area contributed by atoms with Crippen molar-refractivity contribution in [1.82, 2.24) is 9.59 Å². The zero-order valence-corrected chi connectivity index (χ0v) is 12.8. The predicted molar refractivity (Wildman–Crippen MR) is 91.6 cm³/mol.